The Balaban J connectivity index is 2.52. The van der Waals surface area contributed by atoms with Gasteiger partial charge in [-0.15, -0.1) is 11.6 Å². The van der Waals surface area contributed by atoms with Crippen molar-refractivity contribution in [2.75, 3.05) is 14.2 Å². The smallest absolute Gasteiger partial charge is 0.221 e. The summed E-state index contributed by atoms with van der Waals surface area (Å²) >= 11 is 6.13. The summed E-state index contributed by atoms with van der Waals surface area (Å²) in [5.41, 5.74) is 1.19. The quantitative estimate of drug-likeness (QED) is 0.863. The first-order valence-corrected chi connectivity index (χ1v) is 7.00. The van der Waals surface area contributed by atoms with Crippen LogP contribution in [0.2, 0.25) is 0 Å². The van der Waals surface area contributed by atoms with Gasteiger partial charge >= 0.3 is 0 Å². The van der Waals surface area contributed by atoms with E-state index >= 15 is 0 Å². The third kappa shape index (κ3) is 3.10. The van der Waals surface area contributed by atoms with Gasteiger partial charge in [0.25, 0.3) is 0 Å². The van der Waals surface area contributed by atoms with Crippen LogP contribution in [-0.4, -0.2) is 29.6 Å². The molecule has 0 bridgehead atoms. The van der Waals surface area contributed by atoms with Crippen LogP contribution in [0.1, 0.15) is 24.5 Å². The number of alkyl halides is 1. The van der Waals surface area contributed by atoms with Crippen LogP contribution in [0.3, 0.4) is 0 Å². The fourth-order valence-corrected chi connectivity index (χ4v) is 2.35. The van der Waals surface area contributed by atoms with Crippen molar-refractivity contribution >= 4 is 28.5 Å². The summed E-state index contributed by atoms with van der Waals surface area (Å²) in [7, 11) is 2.98. The minimum absolute atomic E-state index is 0.0842. The number of amides is 1. The first-order valence-electron chi connectivity index (χ1n) is 6.56. The molecule has 0 aliphatic rings. The monoisotopic (exact) mass is 313 g/mol. The Kier molecular flexibility index (Phi) is 4.67. The van der Waals surface area contributed by atoms with Gasteiger partial charge in [0.1, 0.15) is 5.82 Å². The standard InChI is InChI=1S/C14H17ClFN3O2/c1-8(15)14-18-10-6-9(16)12(21-3)7-11(10)19(14)5-4-13(20)17-2/h6-8H,4-5H2,1-3H3,(H,17,20). The highest BCUT2D eigenvalue weighted by Crippen LogP contribution is 2.29. The molecule has 0 spiro atoms. The Labute approximate surface area is 127 Å². The predicted molar refractivity (Wildman–Crippen MR) is 79.2 cm³/mol. The zero-order valence-electron chi connectivity index (χ0n) is 12.1. The number of benzene rings is 1. The number of nitrogens with one attached hydrogen (secondary N) is 1. The summed E-state index contributed by atoms with van der Waals surface area (Å²) in [6.45, 7) is 2.20. The van der Waals surface area contributed by atoms with Crippen LogP contribution >= 0.6 is 11.6 Å². The molecule has 0 fully saturated rings. The van der Waals surface area contributed by atoms with E-state index in [1.165, 1.54) is 13.2 Å². The molecule has 5 nitrogen and oxygen atoms in total. The second kappa shape index (κ2) is 6.30. The maximum atomic E-state index is 13.8. The van der Waals surface area contributed by atoms with Crippen LogP contribution < -0.4 is 10.1 Å². The normalized spacial score (nSPS) is 12.4. The molecule has 114 valence electrons. The summed E-state index contributed by atoms with van der Waals surface area (Å²) in [6.07, 6.45) is 0.290. The molecule has 21 heavy (non-hydrogen) atoms. The lowest BCUT2D eigenvalue weighted by molar-refractivity contribution is -0.120. The van der Waals surface area contributed by atoms with Crippen molar-refractivity contribution in [1.82, 2.24) is 14.9 Å². The van der Waals surface area contributed by atoms with Gasteiger partial charge in [-0.3, -0.25) is 4.79 Å². The SMILES string of the molecule is CNC(=O)CCn1c(C(C)Cl)nc2cc(F)c(OC)cc21. The van der Waals surface area contributed by atoms with Crippen LogP contribution in [0.15, 0.2) is 12.1 Å². The first kappa shape index (κ1) is 15.6. The largest absolute Gasteiger partial charge is 0.494 e. The summed E-state index contributed by atoms with van der Waals surface area (Å²) < 4.78 is 20.6. The summed E-state index contributed by atoms with van der Waals surface area (Å²) in [5, 5.41) is 2.21. The zero-order chi connectivity index (χ0) is 15.6. The van der Waals surface area contributed by atoms with E-state index in [1.807, 2.05) is 4.57 Å². The van der Waals surface area contributed by atoms with Crippen LogP contribution in [0.4, 0.5) is 4.39 Å². The lowest BCUT2D eigenvalue weighted by atomic mass is 10.2. The van der Waals surface area contributed by atoms with Gasteiger partial charge in [0.05, 0.1) is 23.5 Å². The molecule has 0 saturated carbocycles. The number of hydrogen-bond acceptors (Lipinski definition) is 3. The third-order valence-corrected chi connectivity index (χ3v) is 3.44. The van der Waals surface area contributed by atoms with Crippen molar-refractivity contribution < 1.29 is 13.9 Å². The molecule has 1 atom stereocenters. The van der Waals surface area contributed by atoms with Gasteiger partial charge in [-0.2, -0.15) is 0 Å². The molecule has 2 aromatic rings. The number of aromatic nitrogens is 2. The fraction of sp³-hybridized carbons (Fsp3) is 0.429. The molecule has 2 rings (SSSR count). The van der Waals surface area contributed by atoms with Crippen molar-refractivity contribution in [3.05, 3.63) is 23.8 Å². The number of carbonyl (C=O) groups is 1. The third-order valence-electron chi connectivity index (χ3n) is 3.25. The molecule has 0 aliphatic carbocycles. The van der Waals surface area contributed by atoms with Gasteiger partial charge in [-0.25, -0.2) is 9.37 Å². The molecular formula is C14H17ClFN3O2. The van der Waals surface area contributed by atoms with Gasteiger partial charge in [0.2, 0.25) is 5.91 Å². The number of methoxy groups -OCH3 is 1. The Morgan fingerprint density at radius 1 is 1.57 bits per heavy atom. The van der Waals surface area contributed by atoms with E-state index < -0.39 is 5.82 Å². The number of nitrogens with zero attached hydrogens (tertiary/aromatic N) is 2. The minimum atomic E-state index is -0.477. The second-order valence-corrected chi connectivity index (χ2v) is 5.29. The molecule has 7 heteroatoms. The summed E-state index contributed by atoms with van der Waals surface area (Å²) in [5.74, 6) is 0.175. The van der Waals surface area contributed by atoms with Gasteiger partial charge in [-0.1, -0.05) is 0 Å². The van der Waals surface area contributed by atoms with Crippen molar-refractivity contribution in [1.29, 1.82) is 0 Å². The van der Waals surface area contributed by atoms with Crippen molar-refractivity contribution in [3.63, 3.8) is 0 Å². The van der Waals surface area contributed by atoms with E-state index in [0.29, 0.717) is 23.4 Å². The predicted octanol–water partition coefficient (Wildman–Crippen LogP) is 2.62. The average molecular weight is 314 g/mol. The van der Waals surface area contributed by atoms with Crippen LogP contribution in [0, 0.1) is 5.82 Å². The zero-order valence-corrected chi connectivity index (χ0v) is 12.9. The maximum Gasteiger partial charge on any atom is 0.221 e. The Morgan fingerprint density at radius 2 is 2.29 bits per heavy atom. The number of hydrogen-bond donors (Lipinski definition) is 1. The number of imidazole rings is 1. The van der Waals surface area contributed by atoms with Gasteiger partial charge in [0, 0.05) is 32.1 Å². The van der Waals surface area contributed by atoms with E-state index in [-0.39, 0.29) is 23.5 Å². The average Bonchev–Trinajstić information content (AvgIpc) is 2.81. The summed E-state index contributed by atoms with van der Waals surface area (Å²) in [4.78, 5) is 15.8. The van der Waals surface area contributed by atoms with E-state index in [2.05, 4.69) is 10.3 Å². The van der Waals surface area contributed by atoms with E-state index in [0.717, 1.165) is 0 Å². The maximum absolute atomic E-state index is 13.8. The van der Waals surface area contributed by atoms with Gasteiger partial charge in [0.15, 0.2) is 11.6 Å². The van der Waals surface area contributed by atoms with Crippen LogP contribution in [-0.2, 0) is 11.3 Å². The summed E-state index contributed by atoms with van der Waals surface area (Å²) in [6, 6.07) is 2.89. The van der Waals surface area contributed by atoms with E-state index in [4.69, 9.17) is 16.3 Å². The van der Waals surface area contributed by atoms with Crippen molar-refractivity contribution in [3.8, 4) is 5.75 Å². The van der Waals surface area contributed by atoms with Gasteiger partial charge < -0.3 is 14.6 Å². The molecule has 1 aromatic heterocycles. The highest BCUT2D eigenvalue weighted by atomic mass is 35.5. The number of fused-ring (bicyclic) bond motifs is 1. The molecule has 1 heterocycles. The number of halogens is 2. The lowest BCUT2D eigenvalue weighted by Crippen LogP contribution is -2.20. The lowest BCUT2D eigenvalue weighted by Gasteiger charge is -2.10. The fourth-order valence-electron chi connectivity index (χ4n) is 2.18. The number of aryl methyl sites for hydroxylation is 1. The molecule has 1 N–H and O–H groups in total. The molecule has 1 unspecified atom stereocenters. The number of ether oxygens (including phenoxy) is 1. The highest BCUT2D eigenvalue weighted by Gasteiger charge is 2.18. The molecule has 1 aromatic carbocycles. The molecule has 0 saturated heterocycles. The topological polar surface area (TPSA) is 56.2 Å². The van der Waals surface area contributed by atoms with Crippen molar-refractivity contribution in [2.45, 2.75) is 25.3 Å². The molecule has 0 radical (unpaired) electrons. The van der Waals surface area contributed by atoms with Crippen LogP contribution in [0.25, 0.3) is 11.0 Å². The Morgan fingerprint density at radius 3 is 2.86 bits per heavy atom. The second-order valence-electron chi connectivity index (χ2n) is 4.64. The first-order chi connectivity index (χ1) is 9.97. The minimum Gasteiger partial charge on any atom is -0.494 e. The van der Waals surface area contributed by atoms with E-state index in [1.54, 1.807) is 20.0 Å². The van der Waals surface area contributed by atoms with Crippen molar-refractivity contribution in [2.24, 2.45) is 0 Å². The molecule has 1 amide bonds. The number of carbonyl (C=O) groups excluding carboxylic acids is 1. The van der Waals surface area contributed by atoms with Gasteiger partial charge in [-0.05, 0) is 6.92 Å². The Bertz CT molecular complexity index is 670. The van der Waals surface area contributed by atoms with Crippen LogP contribution in [0.5, 0.6) is 5.75 Å². The molecule has 0 aliphatic heterocycles. The Hall–Kier alpha value is -1.82. The van der Waals surface area contributed by atoms with E-state index in [9.17, 15) is 9.18 Å². The number of rotatable bonds is 5. The highest BCUT2D eigenvalue weighted by molar-refractivity contribution is 6.20. The molecular weight excluding hydrogens is 297 g/mol.